The summed E-state index contributed by atoms with van der Waals surface area (Å²) in [4.78, 5) is 12.6. The maximum atomic E-state index is 12.6. The molecule has 0 saturated heterocycles. The maximum Gasteiger partial charge on any atom is 0.331 e. The van der Waals surface area contributed by atoms with Gasteiger partial charge < -0.3 is 4.74 Å². The third-order valence-corrected chi connectivity index (χ3v) is 5.00. The molecular formula is C17H27NO2S. The van der Waals surface area contributed by atoms with Gasteiger partial charge in [-0.25, -0.2) is 4.79 Å². The number of nitrogens with one attached hydrogen (secondary N) is 1. The second-order valence-electron chi connectivity index (χ2n) is 5.59. The number of rotatable bonds is 8. The van der Waals surface area contributed by atoms with Crippen LogP contribution in [0.3, 0.4) is 0 Å². The predicted molar refractivity (Wildman–Crippen MR) is 90.6 cm³/mol. The standard InChI is InChI=1S/C17H27NO2S/c1-6-14(4)21-12-17(16(19)20-5,18-13(2)3)15-10-8-7-9-11-15/h7-11,13-14,18H,6,12H2,1-5H3. The van der Waals surface area contributed by atoms with Gasteiger partial charge in [-0.1, -0.05) is 44.2 Å². The van der Waals surface area contributed by atoms with Crippen LogP contribution in [-0.4, -0.2) is 30.1 Å². The molecule has 0 bridgehead atoms. The number of carbonyl (C=O) groups is 1. The molecule has 1 aromatic carbocycles. The molecule has 118 valence electrons. The van der Waals surface area contributed by atoms with Crippen molar-refractivity contribution in [1.82, 2.24) is 5.32 Å². The lowest BCUT2D eigenvalue weighted by Crippen LogP contribution is -2.54. The highest BCUT2D eigenvalue weighted by Crippen LogP contribution is 2.30. The number of esters is 1. The first-order chi connectivity index (χ1) is 9.96. The van der Waals surface area contributed by atoms with Gasteiger partial charge in [0.25, 0.3) is 0 Å². The average Bonchev–Trinajstić information content (AvgIpc) is 2.50. The van der Waals surface area contributed by atoms with Crippen LogP contribution < -0.4 is 5.32 Å². The molecule has 0 radical (unpaired) electrons. The predicted octanol–water partition coefficient (Wildman–Crippen LogP) is 3.58. The number of benzene rings is 1. The zero-order chi connectivity index (χ0) is 15.9. The largest absolute Gasteiger partial charge is 0.467 e. The molecule has 21 heavy (non-hydrogen) atoms. The smallest absolute Gasteiger partial charge is 0.331 e. The number of methoxy groups -OCH3 is 1. The lowest BCUT2D eigenvalue weighted by atomic mass is 9.91. The minimum absolute atomic E-state index is 0.182. The second-order valence-corrected chi connectivity index (χ2v) is 7.02. The van der Waals surface area contributed by atoms with Crippen molar-refractivity contribution < 1.29 is 9.53 Å². The Morgan fingerprint density at radius 1 is 1.29 bits per heavy atom. The highest BCUT2D eigenvalue weighted by Gasteiger charge is 2.42. The molecule has 1 aromatic rings. The topological polar surface area (TPSA) is 38.3 Å². The number of hydrogen-bond donors (Lipinski definition) is 1. The molecule has 1 rings (SSSR count). The van der Waals surface area contributed by atoms with E-state index < -0.39 is 5.54 Å². The van der Waals surface area contributed by atoms with E-state index in [4.69, 9.17) is 4.74 Å². The molecule has 3 nitrogen and oxygen atoms in total. The lowest BCUT2D eigenvalue weighted by Gasteiger charge is -2.35. The number of hydrogen-bond acceptors (Lipinski definition) is 4. The first-order valence-corrected chi connectivity index (χ1v) is 8.54. The summed E-state index contributed by atoms with van der Waals surface area (Å²) in [5, 5.41) is 3.95. The number of carbonyl (C=O) groups excluding carboxylic acids is 1. The van der Waals surface area contributed by atoms with E-state index in [9.17, 15) is 4.79 Å². The van der Waals surface area contributed by atoms with Crippen molar-refractivity contribution in [3.8, 4) is 0 Å². The first kappa shape index (κ1) is 18.1. The molecule has 0 saturated carbocycles. The van der Waals surface area contributed by atoms with Crippen LogP contribution in [0.25, 0.3) is 0 Å². The Morgan fingerprint density at radius 2 is 1.90 bits per heavy atom. The van der Waals surface area contributed by atoms with Gasteiger partial charge in [-0.15, -0.1) is 0 Å². The van der Waals surface area contributed by atoms with E-state index in [1.165, 1.54) is 7.11 Å². The van der Waals surface area contributed by atoms with Crippen LogP contribution >= 0.6 is 11.8 Å². The SMILES string of the molecule is CCC(C)SCC(NC(C)C)(C(=O)OC)c1ccccc1. The third kappa shape index (κ3) is 4.75. The van der Waals surface area contributed by atoms with Crippen LogP contribution in [0, 0.1) is 0 Å². The molecule has 0 spiro atoms. The monoisotopic (exact) mass is 309 g/mol. The fourth-order valence-electron chi connectivity index (χ4n) is 2.22. The van der Waals surface area contributed by atoms with Crippen LogP contribution in [0.2, 0.25) is 0 Å². The van der Waals surface area contributed by atoms with Gasteiger partial charge in [0.2, 0.25) is 0 Å². The van der Waals surface area contributed by atoms with Gasteiger partial charge in [-0.2, -0.15) is 11.8 Å². The molecule has 0 fully saturated rings. The van der Waals surface area contributed by atoms with Gasteiger partial charge in [0.05, 0.1) is 7.11 Å². The Hall–Kier alpha value is -1.00. The average molecular weight is 309 g/mol. The van der Waals surface area contributed by atoms with Crippen molar-refractivity contribution in [1.29, 1.82) is 0 Å². The molecule has 0 aliphatic carbocycles. The molecule has 0 amide bonds. The summed E-state index contributed by atoms with van der Waals surface area (Å²) in [6.45, 7) is 8.45. The summed E-state index contributed by atoms with van der Waals surface area (Å²) in [6.07, 6.45) is 1.08. The molecule has 0 aromatic heterocycles. The Labute approximate surface area is 132 Å². The molecule has 2 atom stereocenters. The van der Waals surface area contributed by atoms with Gasteiger partial charge >= 0.3 is 5.97 Å². The number of thioether (sulfide) groups is 1. The summed E-state index contributed by atoms with van der Waals surface area (Å²) in [5.74, 6) is 0.440. The molecule has 0 aliphatic heterocycles. The third-order valence-electron chi connectivity index (χ3n) is 3.49. The normalized spacial score (nSPS) is 15.5. The van der Waals surface area contributed by atoms with E-state index in [-0.39, 0.29) is 12.0 Å². The fourth-order valence-corrected chi connectivity index (χ4v) is 3.36. The van der Waals surface area contributed by atoms with E-state index in [1.807, 2.05) is 30.3 Å². The minimum atomic E-state index is -0.793. The van der Waals surface area contributed by atoms with Crippen LogP contribution in [0.15, 0.2) is 30.3 Å². The molecule has 1 N–H and O–H groups in total. The van der Waals surface area contributed by atoms with Crippen LogP contribution in [0.5, 0.6) is 0 Å². The molecule has 4 heteroatoms. The first-order valence-electron chi connectivity index (χ1n) is 7.49. The summed E-state index contributed by atoms with van der Waals surface area (Å²) < 4.78 is 5.12. The highest BCUT2D eigenvalue weighted by molar-refractivity contribution is 7.99. The van der Waals surface area contributed by atoms with Crippen LogP contribution in [0.4, 0.5) is 0 Å². The Kier molecular flexibility index (Phi) is 7.26. The van der Waals surface area contributed by atoms with E-state index in [0.717, 1.165) is 12.0 Å². The molecule has 2 unspecified atom stereocenters. The van der Waals surface area contributed by atoms with E-state index in [1.54, 1.807) is 11.8 Å². The zero-order valence-electron chi connectivity index (χ0n) is 13.7. The molecule has 0 heterocycles. The van der Waals surface area contributed by atoms with Gasteiger partial charge in [0.1, 0.15) is 0 Å². The van der Waals surface area contributed by atoms with Crippen molar-refractivity contribution in [2.45, 2.75) is 50.9 Å². The van der Waals surface area contributed by atoms with Gasteiger partial charge in [0.15, 0.2) is 5.54 Å². The Morgan fingerprint density at radius 3 is 2.38 bits per heavy atom. The summed E-state index contributed by atoms with van der Waals surface area (Å²) in [5.41, 5.74) is 0.166. The molecule has 0 aliphatic rings. The van der Waals surface area contributed by atoms with E-state index >= 15 is 0 Å². The van der Waals surface area contributed by atoms with Crippen molar-refractivity contribution in [2.75, 3.05) is 12.9 Å². The van der Waals surface area contributed by atoms with Crippen molar-refractivity contribution in [3.05, 3.63) is 35.9 Å². The van der Waals surface area contributed by atoms with Crippen LogP contribution in [0.1, 0.15) is 39.7 Å². The maximum absolute atomic E-state index is 12.6. The van der Waals surface area contributed by atoms with Gasteiger partial charge in [0, 0.05) is 17.0 Å². The molecular weight excluding hydrogens is 282 g/mol. The number of ether oxygens (including phenoxy) is 1. The van der Waals surface area contributed by atoms with Crippen molar-refractivity contribution in [3.63, 3.8) is 0 Å². The van der Waals surface area contributed by atoms with Gasteiger partial charge in [-0.3, -0.25) is 5.32 Å². The van der Waals surface area contributed by atoms with Crippen molar-refractivity contribution in [2.24, 2.45) is 0 Å². The Balaban J connectivity index is 3.18. The quantitative estimate of drug-likeness (QED) is 0.745. The van der Waals surface area contributed by atoms with Gasteiger partial charge in [-0.05, 0) is 25.8 Å². The Bertz CT molecular complexity index is 436. The van der Waals surface area contributed by atoms with Crippen LogP contribution in [-0.2, 0) is 15.1 Å². The minimum Gasteiger partial charge on any atom is -0.467 e. The van der Waals surface area contributed by atoms with E-state index in [2.05, 4.69) is 33.0 Å². The second kappa shape index (κ2) is 8.44. The lowest BCUT2D eigenvalue weighted by molar-refractivity contribution is -0.148. The highest BCUT2D eigenvalue weighted by atomic mass is 32.2. The fraction of sp³-hybridized carbons (Fsp3) is 0.588. The summed E-state index contributed by atoms with van der Waals surface area (Å²) in [6, 6.07) is 10.0. The zero-order valence-corrected chi connectivity index (χ0v) is 14.5. The van der Waals surface area contributed by atoms with Crippen molar-refractivity contribution >= 4 is 17.7 Å². The van der Waals surface area contributed by atoms with E-state index in [0.29, 0.717) is 11.0 Å². The summed E-state index contributed by atoms with van der Waals surface area (Å²) >= 11 is 1.80. The summed E-state index contributed by atoms with van der Waals surface area (Å²) in [7, 11) is 1.45.